The van der Waals surface area contributed by atoms with E-state index in [4.69, 9.17) is 0 Å². The van der Waals surface area contributed by atoms with E-state index >= 15 is 0 Å². The van der Waals surface area contributed by atoms with Gasteiger partial charge in [0.25, 0.3) is 5.91 Å². The first kappa shape index (κ1) is 10.5. The fourth-order valence-corrected chi connectivity index (χ4v) is 1.94. The third-order valence-electron chi connectivity index (χ3n) is 2.42. The van der Waals surface area contributed by atoms with Crippen molar-refractivity contribution in [3.63, 3.8) is 0 Å². The van der Waals surface area contributed by atoms with E-state index in [-0.39, 0.29) is 10.5 Å². The SMILES string of the molecule is O=C(c1ccc(F)c(Br)n1)N1CCCC1. The summed E-state index contributed by atoms with van der Waals surface area (Å²) in [5.41, 5.74) is 0.296. The molecule has 1 aliphatic rings. The largest absolute Gasteiger partial charge is 0.337 e. The van der Waals surface area contributed by atoms with E-state index < -0.39 is 5.82 Å². The fraction of sp³-hybridized carbons (Fsp3) is 0.400. The van der Waals surface area contributed by atoms with Gasteiger partial charge in [-0.2, -0.15) is 0 Å². The van der Waals surface area contributed by atoms with Gasteiger partial charge in [-0.25, -0.2) is 9.37 Å². The van der Waals surface area contributed by atoms with Crippen molar-refractivity contribution in [2.24, 2.45) is 0 Å². The molecule has 3 nitrogen and oxygen atoms in total. The first-order chi connectivity index (χ1) is 7.18. The standard InChI is InChI=1S/C10H10BrFN2O/c11-9-7(12)3-4-8(13-9)10(15)14-5-1-2-6-14/h3-4H,1-2,5-6H2. The van der Waals surface area contributed by atoms with Crippen molar-refractivity contribution in [2.45, 2.75) is 12.8 Å². The van der Waals surface area contributed by atoms with Crippen LogP contribution in [0, 0.1) is 5.82 Å². The van der Waals surface area contributed by atoms with Crippen molar-refractivity contribution in [1.29, 1.82) is 0 Å². The number of carbonyl (C=O) groups is 1. The maximum atomic E-state index is 12.9. The van der Waals surface area contributed by atoms with Crippen LogP contribution in [0.2, 0.25) is 0 Å². The Balaban J connectivity index is 2.21. The van der Waals surface area contributed by atoms with Crippen LogP contribution in [0.1, 0.15) is 23.3 Å². The van der Waals surface area contributed by atoms with Gasteiger partial charge in [-0.1, -0.05) is 0 Å². The zero-order chi connectivity index (χ0) is 10.8. The lowest BCUT2D eigenvalue weighted by molar-refractivity contribution is 0.0786. The van der Waals surface area contributed by atoms with Crippen molar-refractivity contribution in [3.05, 3.63) is 28.2 Å². The summed E-state index contributed by atoms with van der Waals surface area (Å²) in [6.45, 7) is 1.55. The molecule has 1 saturated heterocycles. The smallest absolute Gasteiger partial charge is 0.272 e. The Morgan fingerprint density at radius 2 is 2.07 bits per heavy atom. The summed E-state index contributed by atoms with van der Waals surface area (Å²) in [6, 6.07) is 2.67. The number of pyridine rings is 1. The molecule has 80 valence electrons. The molecule has 2 heterocycles. The molecule has 0 saturated carbocycles. The molecule has 0 unspecified atom stereocenters. The van der Waals surface area contributed by atoms with Crippen molar-refractivity contribution in [2.75, 3.05) is 13.1 Å². The van der Waals surface area contributed by atoms with Crippen LogP contribution in [0.4, 0.5) is 4.39 Å². The van der Waals surface area contributed by atoms with Gasteiger partial charge < -0.3 is 4.90 Å². The van der Waals surface area contributed by atoms with Gasteiger partial charge in [0, 0.05) is 13.1 Å². The van der Waals surface area contributed by atoms with Crippen molar-refractivity contribution < 1.29 is 9.18 Å². The molecule has 1 amide bonds. The molecule has 5 heteroatoms. The highest BCUT2D eigenvalue weighted by molar-refractivity contribution is 9.10. The van der Waals surface area contributed by atoms with Crippen LogP contribution in [0.5, 0.6) is 0 Å². The number of hydrogen-bond donors (Lipinski definition) is 0. The number of amides is 1. The number of aromatic nitrogens is 1. The molecule has 0 aromatic carbocycles. The van der Waals surface area contributed by atoms with Gasteiger partial charge in [0.1, 0.15) is 10.3 Å². The molecule has 0 radical (unpaired) electrons. The maximum absolute atomic E-state index is 12.9. The van der Waals surface area contributed by atoms with Crippen LogP contribution in [-0.4, -0.2) is 28.9 Å². The van der Waals surface area contributed by atoms with Gasteiger partial charge >= 0.3 is 0 Å². The Bertz CT molecular complexity index is 391. The highest BCUT2D eigenvalue weighted by Crippen LogP contribution is 2.16. The van der Waals surface area contributed by atoms with Crippen LogP contribution in [0.25, 0.3) is 0 Å². The van der Waals surface area contributed by atoms with Crippen LogP contribution >= 0.6 is 15.9 Å². The van der Waals surface area contributed by atoms with E-state index in [0.717, 1.165) is 25.9 Å². The van der Waals surface area contributed by atoms with Gasteiger partial charge in [-0.05, 0) is 40.9 Å². The van der Waals surface area contributed by atoms with E-state index in [1.54, 1.807) is 4.90 Å². The molecule has 2 rings (SSSR count). The van der Waals surface area contributed by atoms with Gasteiger partial charge in [-0.3, -0.25) is 4.79 Å². The molecule has 15 heavy (non-hydrogen) atoms. The summed E-state index contributed by atoms with van der Waals surface area (Å²) >= 11 is 2.97. The van der Waals surface area contributed by atoms with Crippen molar-refractivity contribution in [3.8, 4) is 0 Å². The van der Waals surface area contributed by atoms with Gasteiger partial charge in [0.2, 0.25) is 0 Å². The first-order valence-electron chi connectivity index (χ1n) is 4.80. The molecular weight excluding hydrogens is 263 g/mol. The fourth-order valence-electron chi connectivity index (χ4n) is 1.62. The summed E-state index contributed by atoms with van der Waals surface area (Å²) in [6.07, 6.45) is 2.07. The van der Waals surface area contributed by atoms with Crippen LogP contribution in [0.15, 0.2) is 16.7 Å². The van der Waals surface area contributed by atoms with E-state index in [1.165, 1.54) is 12.1 Å². The minimum Gasteiger partial charge on any atom is -0.337 e. The summed E-state index contributed by atoms with van der Waals surface area (Å²) < 4.78 is 13.0. The lowest BCUT2D eigenvalue weighted by atomic mass is 10.3. The second-order valence-electron chi connectivity index (χ2n) is 3.47. The Labute approximate surface area is 95.4 Å². The van der Waals surface area contributed by atoms with Gasteiger partial charge in [-0.15, -0.1) is 0 Å². The Hall–Kier alpha value is -0.970. The minimum atomic E-state index is -0.451. The molecule has 0 atom stereocenters. The molecule has 0 N–H and O–H groups in total. The van der Waals surface area contributed by atoms with Crippen molar-refractivity contribution in [1.82, 2.24) is 9.88 Å². The van der Waals surface area contributed by atoms with E-state index in [9.17, 15) is 9.18 Å². The Morgan fingerprint density at radius 1 is 1.40 bits per heavy atom. The molecule has 0 aliphatic carbocycles. The monoisotopic (exact) mass is 272 g/mol. The maximum Gasteiger partial charge on any atom is 0.272 e. The van der Waals surface area contributed by atoms with Crippen molar-refractivity contribution >= 4 is 21.8 Å². The second kappa shape index (κ2) is 4.26. The van der Waals surface area contributed by atoms with E-state index in [1.807, 2.05) is 0 Å². The number of halogens is 2. The number of likely N-dealkylation sites (tertiary alicyclic amines) is 1. The van der Waals surface area contributed by atoms with Gasteiger partial charge in [0.15, 0.2) is 5.82 Å². The third-order valence-corrected chi connectivity index (χ3v) is 2.97. The zero-order valence-corrected chi connectivity index (χ0v) is 9.63. The quantitative estimate of drug-likeness (QED) is 0.735. The normalized spacial score (nSPS) is 15.7. The molecule has 1 aliphatic heterocycles. The molecule has 1 aromatic heterocycles. The zero-order valence-electron chi connectivity index (χ0n) is 8.04. The van der Waals surface area contributed by atoms with E-state index in [2.05, 4.69) is 20.9 Å². The predicted octanol–water partition coefficient (Wildman–Crippen LogP) is 2.22. The molecular formula is C10H10BrFN2O. The average molecular weight is 273 g/mol. The molecule has 1 fully saturated rings. The lowest BCUT2D eigenvalue weighted by Crippen LogP contribution is -2.28. The summed E-state index contributed by atoms with van der Waals surface area (Å²) in [4.78, 5) is 17.4. The number of nitrogens with zero attached hydrogens (tertiary/aromatic N) is 2. The minimum absolute atomic E-state index is 0.0903. The predicted molar refractivity (Wildman–Crippen MR) is 57.0 cm³/mol. The number of rotatable bonds is 1. The second-order valence-corrected chi connectivity index (χ2v) is 4.22. The lowest BCUT2D eigenvalue weighted by Gasteiger charge is -2.14. The summed E-state index contributed by atoms with van der Waals surface area (Å²) in [5.74, 6) is -0.568. The topological polar surface area (TPSA) is 33.2 Å². The van der Waals surface area contributed by atoms with Crippen LogP contribution in [-0.2, 0) is 0 Å². The first-order valence-corrected chi connectivity index (χ1v) is 5.59. The number of hydrogen-bond acceptors (Lipinski definition) is 2. The molecule has 0 spiro atoms. The van der Waals surface area contributed by atoms with E-state index in [0.29, 0.717) is 5.69 Å². The van der Waals surface area contributed by atoms with Gasteiger partial charge in [0.05, 0.1) is 0 Å². The average Bonchev–Trinajstić information content (AvgIpc) is 2.74. The third kappa shape index (κ3) is 2.17. The van der Waals surface area contributed by atoms with Crippen LogP contribution in [0.3, 0.4) is 0 Å². The number of carbonyl (C=O) groups excluding carboxylic acids is 1. The molecule has 0 bridgehead atoms. The summed E-state index contributed by atoms with van der Waals surface area (Å²) in [5, 5.41) is 0. The highest BCUT2D eigenvalue weighted by atomic mass is 79.9. The Kier molecular flexibility index (Phi) is 3.00. The Morgan fingerprint density at radius 3 is 2.67 bits per heavy atom. The summed E-state index contributed by atoms with van der Waals surface area (Å²) in [7, 11) is 0. The molecule has 1 aromatic rings. The van der Waals surface area contributed by atoms with Crippen LogP contribution < -0.4 is 0 Å². The highest BCUT2D eigenvalue weighted by Gasteiger charge is 2.20.